The van der Waals surface area contributed by atoms with E-state index in [0.29, 0.717) is 10.7 Å². The molecule has 0 aliphatic heterocycles. The second kappa shape index (κ2) is 7.56. The maximum Gasteiger partial charge on any atom is 0.274 e. The van der Waals surface area contributed by atoms with Crippen LogP contribution >= 0.6 is 11.6 Å². The molecule has 152 valence electrons. The Labute approximate surface area is 184 Å². The molecule has 0 bridgehead atoms. The van der Waals surface area contributed by atoms with Crippen LogP contribution in [0.25, 0.3) is 33.1 Å². The molecule has 0 radical (unpaired) electrons. The first kappa shape index (κ1) is 19.3. The minimum atomic E-state index is -0.236. The van der Waals surface area contributed by atoms with Crippen molar-refractivity contribution in [3.63, 3.8) is 0 Å². The second-order valence-electron chi connectivity index (χ2n) is 7.68. The zero-order valence-corrected chi connectivity index (χ0v) is 17.9. The molecule has 0 aliphatic rings. The van der Waals surface area contributed by atoms with Gasteiger partial charge < -0.3 is 10.3 Å². The lowest BCUT2D eigenvalue weighted by Crippen LogP contribution is -2.15. The van der Waals surface area contributed by atoms with Gasteiger partial charge >= 0.3 is 0 Å². The number of carbonyl (C=O) groups excluding carboxylic acids is 1. The smallest absolute Gasteiger partial charge is 0.274 e. The molecule has 5 rings (SSSR count). The number of aryl methyl sites for hydroxylation is 2. The van der Waals surface area contributed by atoms with Gasteiger partial charge in [-0.3, -0.25) is 4.79 Å². The van der Waals surface area contributed by atoms with Crippen molar-refractivity contribution in [2.45, 2.75) is 13.8 Å². The lowest BCUT2D eigenvalue weighted by Gasteiger charge is -2.12. The Kier molecular flexibility index (Phi) is 4.72. The minimum Gasteiger partial charge on any atom is -0.353 e. The van der Waals surface area contributed by atoms with E-state index in [1.807, 2.05) is 86.6 Å². The predicted octanol–water partition coefficient (Wildman–Crippen LogP) is 6.91. The molecule has 2 N–H and O–H groups in total. The van der Waals surface area contributed by atoms with Crippen molar-refractivity contribution in [2.24, 2.45) is 0 Å². The number of amides is 1. The first-order chi connectivity index (χ1) is 15.0. The SMILES string of the molecule is Cc1cccc(C)c1NC(=O)c1cc2c([nH]c3ccccc32)c(-c2ccc(Cl)cc2)n1. The first-order valence-electron chi connectivity index (χ1n) is 10.1. The van der Waals surface area contributed by atoms with E-state index in [2.05, 4.69) is 10.3 Å². The number of H-pyrrole nitrogens is 1. The number of halogens is 1. The van der Waals surface area contributed by atoms with E-state index in [-0.39, 0.29) is 5.91 Å². The van der Waals surface area contributed by atoms with Crippen molar-refractivity contribution in [2.75, 3.05) is 5.32 Å². The summed E-state index contributed by atoms with van der Waals surface area (Å²) in [4.78, 5) is 21.5. The van der Waals surface area contributed by atoms with Crippen molar-refractivity contribution in [3.05, 3.63) is 94.6 Å². The summed E-state index contributed by atoms with van der Waals surface area (Å²) in [6.45, 7) is 3.97. The molecule has 4 nitrogen and oxygen atoms in total. The van der Waals surface area contributed by atoms with Gasteiger partial charge in [-0.1, -0.05) is 60.1 Å². The lowest BCUT2D eigenvalue weighted by atomic mass is 10.1. The van der Waals surface area contributed by atoms with E-state index in [1.54, 1.807) is 0 Å². The van der Waals surface area contributed by atoms with Crippen molar-refractivity contribution >= 4 is 45.0 Å². The Hall–Kier alpha value is -3.63. The Morgan fingerprint density at radius 1 is 0.903 bits per heavy atom. The number of hydrogen-bond acceptors (Lipinski definition) is 2. The van der Waals surface area contributed by atoms with E-state index in [9.17, 15) is 4.79 Å². The highest BCUT2D eigenvalue weighted by Crippen LogP contribution is 2.33. The average Bonchev–Trinajstić information content (AvgIpc) is 3.15. The number of carbonyl (C=O) groups is 1. The zero-order chi connectivity index (χ0) is 21.5. The molecule has 0 aliphatic carbocycles. The second-order valence-corrected chi connectivity index (χ2v) is 8.11. The topological polar surface area (TPSA) is 57.8 Å². The third kappa shape index (κ3) is 3.45. The quantitative estimate of drug-likeness (QED) is 0.330. The zero-order valence-electron chi connectivity index (χ0n) is 17.2. The number of benzene rings is 3. The minimum absolute atomic E-state index is 0.236. The number of para-hydroxylation sites is 2. The number of aromatic nitrogens is 2. The van der Waals surface area contributed by atoms with Crippen molar-refractivity contribution < 1.29 is 4.79 Å². The fourth-order valence-corrected chi connectivity index (χ4v) is 4.09. The highest BCUT2D eigenvalue weighted by molar-refractivity contribution is 6.30. The summed E-state index contributed by atoms with van der Waals surface area (Å²) in [6, 6.07) is 23.4. The summed E-state index contributed by atoms with van der Waals surface area (Å²) >= 11 is 6.09. The summed E-state index contributed by atoms with van der Waals surface area (Å²) in [6.07, 6.45) is 0. The maximum atomic E-state index is 13.3. The van der Waals surface area contributed by atoms with Crippen molar-refractivity contribution in [1.29, 1.82) is 0 Å². The summed E-state index contributed by atoms with van der Waals surface area (Å²) in [5, 5.41) is 5.72. The van der Waals surface area contributed by atoms with Crippen molar-refractivity contribution in [3.8, 4) is 11.3 Å². The molecule has 2 heterocycles. The summed E-state index contributed by atoms with van der Waals surface area (Å²) in [7, 11) is 0. The van der Waals surface area contributed by atoms with Crippen LogP contribution in [0.1, 0.15) is 21.6 Å². The maximum absolute atomic E-state index is 13.3. The molecule has 5 heteroatoms. The lowest BCUT2D eigenvalue weighted by molar-refractivity contribution is 0.102. The number of anilines is 1. The molecule has 5 aromatic rings. The molecule has 31 heavy (non-hydrogen) atoms. The molecule has 0 saturated heterocycles. The van der Waals surface area contributed by atoms with E-state index < -0.39 is 0 Å². The van der Waals surface area contributed by atoms with Gasteiger partial charge in [-0.25, -0.2) is 4.98 Å². The molecule has 0 fully saturated rings. The molecule has 0 spiro atoms. The molecular weight excluding hydrogens is 406 g/mol. The molecule has 1 amide bonds. The van der Waals surface area contributed by atoms with E-state index in [1.165, 1.54) is 0 Å². The fraction of sp³-hybridized carbons (Fsp3) is 0.0769. The van der Waals surface area contributed by atoms with E-state index in [0.717, 1.165) is 49.9 Å². The van der Waals surface area contributed by atoms with Gasteiger partial charge in [0.25, 0.3) is 5.91 Å². The largest absolute Gasteiger partial charge is 0.353 e. The molecule has 3 aromatic carbocycles. The molecule has 2 aromatic heterocycles. The van der Waals surface area contributed by atoms with Gasteiger partial charge in [0.1, 0.15) is 5.69 Å². The van der Waals surface area contributed by atoms with Gasteiger partial charge in [-0.2, -0.15) is 0 Å². The van der Waals surface area contributed by atoms with Crippen LogP contribution in [0, 0.1) is 13.8 Å². The summed E-state index contributed by atoms with van der Waals surface area (Å²) < 4.78 is 0. The molecule has 0 saturated carbocycles. The molecular formula is C26H20ClN3O. The summed E-state index contributed by atoms with van der Waals surface area (Å²) in [5.41, 5.74) is 6.72. The van der Waals surface area contributed by atoms with Crippen LogP contribution < -0.4 is 5.32 Å². The standard InChI is InChI=1S/C26H20ClN3O/c1-15-6-5-7-16(2)23(15)30-26(31)22-14-20-19-8-3-4-9-21(19)28-25(20)24(29-22)17-10-12-18(27)13-11-17/h3-14,28H,1-2H3,(H,30,31). The molecule has 0 unspecified atom stereocenters. The van der Waals surface area contributed by atoms with Crippen LogP contribution in [0.15, 0.2) is 72.8 Å². The first-order valence-corrected chi connectivity index (χ1v) is 10.4. The highest BCUT2D eigenvalue weighted by Gasteiger charge is 2.18. The number of rotatable bonds is 3. The third-order valence-corrected chi connectivity index (χ3v) is 5.82. The van der Waals surface area contributed by atoms with Gasteiger partial charge in [-0.15, -0.1) is 0 Å². The number of hydrogen-bond donors (Lipinski definition) is 2. The Morgan fingerprint density at radius 3 is 2.35 bits per heavy atom. The van der Waals surface area contributed by atoms with Crippen LogP contribution in [-0.4, -0.2) is 15.9 Å². The third-order valence-electron chi connectivity index (χ3n) is 5.57. The van der Waals surface area contributed by atoms with Gasteiger partial charge in [0.2, 0.25) is 0 Å². The number of nitrogens with one attached hydrogen (secondary N) is 2. The number of nitrogens with zero attached hydrogens (tertiary/aromatic N) is 1. The van der Waals surface area contributed by atoms with Gasteiger partial charge in [0, 0.05) is 32.6 Å². The van der Waals surface area contributed by atoms with Gasteiger partial charge in [0.15, 0.2) is 0 Å². The van der Waals surface area contributed by atoms with Crippen LogP contribution in [0.3, 0.4) is 0 Å². The predicted molar refractivity (Wildman–Crippen MR) is 128 cm³/mol. The number of aromatic amines is 1. The van der Waals surface area contributed by atoms with Gasteiger partial charge in [-0.05, 0) is 49.2 Å². The summed E-state index contributed by atoms with van der Waals surface area (Å²) in [5.74, 6) is -0.236. The van der Waals surface area contributed by atoms with Crippen LogP contribution in [0.4, 0.5) is 5.69 Å². The Balaban J connectivity index is 1.70. The normalized spacial score (nSPS) is 11.2. The highest BCUT2D eigenvalue weighted by atomic mass is 35.5. The Bertz CT molecular complexity index is 1430. The number of pyridine rings is 1. The van der Waals surface area contributed by atoms with Crippen molar-refractivity contribution in [1.82, 2.24) is 9.97 Å². The average molecular weight is 426 g/mol. The monoisotopic (exact) mass is 425 g/mol. The van der Waals surface area contributed by atoms with Crippen LogP contribution in [0.2, 0.25) is 5.02 Å². The van der Waals surface area contributed by atoms with E-state index >= 15 is 0 Å². The van der Waals surface area contributed by atoms with Gasteiger partial charge in [0.05, 0.1) is 11.2 Å². The molecule has 0 atom stereocenters. The fourth-order valence-electron chi connectivity index (χ4n) is 3.97. The number of fused-ring (bicyclic) bond motifs is 3. The van der Waals surface area contributed by atoms with Crippen LogP contribution in [-0.2, 0) is 0 Å². The Morgan fingerprint density at radius 2 is 1.61 bits per heavy atom. The van der Waals surface area contributed by atoms with E-state index in [4.69, 9.17) is 16.6 Å². The van der Waals surface area contributed by atoms with Crippen LogP contribution in [0.5, 0.6) is 0 Å².